The van der Waals surface area contributed by atoms with Crippen LogP contribution in [0.15, 0.2) is 104 Å². The fourth-order valence-corrected chi connectivity index (χ4v) is 5.36. The molecule has 0 aliphatic carbocycles. The molecule has 0 aliphatic rings. The Hall–Kier alpha value is -4.77. The van der Waals surface area contributed by atoms with Crippen LogP contribution in [0, 0.1) is 0 Å². The molecule has 0 N–H and O–H groups in total. The lowest BCUT2D eigenvalue weighted by Crippen LogP contribution is -1.98. The molecule has 0 atom stereocenters. The number of benzene rings is 3. The minimum Gasteiger partial charge on any atom is -0.306 e. The molecule has 5 heterocycles. The van der Waals surface area contributed by atoms with Gasteiger partial charge in [-0.15, -0.1) is 0 Å². The largest absolute Gasteiger partial charge is 0.306 e. The molecule has 158 valence electrons. The molecule has 0 aliphatic heterocycles. The van der Waals surface area contributed by atoms with Gasteiger partial charge >= 0.3 is 0 Å². The van der Waals surface area contributed by atoms with Gasteiger partial charge in [-0.1, -0.05) is 30.3 Å². The fraction of sp³-hybridized carbons (Fsp3) is 0. The molecule has 34 heavy (non-hydrogen) atoms. The zero-order chi connectivity index (χ0) is 22.2. The van der Waals surface area contributed by atoms with Crippen molar-refractivity contribution in [3.8, 4) is 5.69 Å². The molecule has 8 aromatic rings. The van der Waals surface area contributed by atoms with Gasteiger partial charge in [-0.2, -0.15) is 0 Å². The van der Waals surface area contributed by atoms with E-state index in [4.69, 9.17) is 15.0 Å². The van der Waals surface area contributed by atoms with Crippen LogP contribution in [0.1, 0.15) is 0 Å². The highest BCUT2D eigenvalue weighted by Gasteiger charge is 2.20. The molecule has 0 radical (unpaired) electrons. The number of nitrogens with zero attached hydrogens (tertiary/aromatic N) is 5. The van der Waals surface area contributed by atoms with E-state index in [0.717, 1.165) is 55.2 Å². The summed E-state index contributed by atoms with van der Waals surface area (Å²) >= 11 is 0. The predicted octanol–water partition coefficient (Wildman–Crippen LogP) is 6.68. The van der Waals surface area contributed by atoms with Crippen molar-refractivity contribution in [2.45, 2.75) is 0 Å². The lowest BCUT2D eigenvalue weighted by molar-refractivity contribution is 1.20. The minimum atomic E-state index is 0.928. The second-order valence-electron chi connectivity index (χ2n) is 8.59. The summed E-state index contributed by atoms with van der Waals surface area (Å²) in [5.74, 6) is 0. The summed E-state index contributed by atoms with van der Waals surface area (Å²) in [5, 5.41) is 4.46. The first-order valence-corrected chi connectivity index (χ1v) is 11.3. The van der Waals surface area contributed by atoms with Crippen LogP contribution in [0.5, 0.6) is 0 Å². The molecule has 5 nitrogen and oxygen atoms in total. The number of rotatable bonds is 1. The molecular weight excluding hydrogens is 418 g/mol. The van der Waals surface area contributed by atoms with Crippen molar-refractivity contribution < 1.29 is 0 Å². The highest BCUT2D eigenvalue weighted by molar-refractivity contribution is 6.19. The molecule has 5 aromatic heterocycles. The second-order valence-corrected chi connectivity index (χ2v) is 8.59. The number of hydrogen-bond acceptors (Lipinski definition) is 3. The normalized spacial score (nSPS) is 12.1. The Bertz CT molecular complexity index is 2080. The van der Waals surface area contributed by atoms with Crippen LogP contribution in [0.2, 0.25) is 0 Å². The van der Waals surface area contributed by atoms with E-state index in [1.807, 2.05) is 30.6 Å². The Kier molecular flexibility index (Phi) is 3.34. The quantitative estimate of drug-likeness (QED) is 0.270. The number of imidazole rings is 1. The average molecular weight is 435 g/mol. The lowest BCUT2D eigenvalue weighted by atomic mass is 10.1. The highest BCUT2D eigenvalue weighted by atomic mass is 15.0. The van der Waals surface area contributed by atoms with Crippen molar-refractivity contribution >= 4 is 60.3 Å². The van der Waals surface area contributed by atoms with Gasteiger partial charge in [0, 0.05) is 34.7 Å². The standard InChI is InChI=1S/C29H17N5/c1-2-10-22-19(8-1)20-13-14-24-28(32-25-12-3-4-16-33(24)25)29(20)34(22)23-11-5-9-21-26(23)27-18(17-31-21)7-6-15-30-27/h1-17H. The molecule has 8 rings (SSSR count). The van der Waals surface area contributed by atoms with Crippen molar-refractivity contribution in [2.24, 2.45) is 0 Å². The number of aromatic nitrogens is 5. The third-order valence-corrected chi connectivity index (χ3v) is 6.79. The highest BCUT2D eigenvalue weighted by Crippen LogP contribution is 2.39. The summed E-state index contributed by atoms with van der Waals surface area (Å²) in [5.41, 5.74) is 8.20. The Labute approximate surface area is 193 Å². The Morgan fingerprint density at radius 3 is 2.59 bits per heavy atom. The van der Waals surface area contributed by atoms with Gasteiger partial charge in [0.2, 0.25) is 0 Å². The van der Waals surface area contributed by atoms with Crippen molar-refractivity contribution in [2.75, 3.05) is 0 Å². The zero-order valence-electron chi connectivity index (χ0n) is 18.1. The smallest absolute Gasteiger partial charge is 0.137 e. The maximum absolute atomic E-state index is 5.08. The van der Waals surface area contributed by atoms with Crippen LogP contribution < -0.4 is 0 Å². The predicted molar refractivity (Wildman–Crippen MR) is 138 cm³/mol. The van der Waals surface area contributed by atoms with Crippen molar-refractivity contribution in [3.05, 3.63) is 104 Å². The van der Waals surface area contributed by atoms with Crippen molar-refractivity contribution in [1.82, 2.24) is 23.9 Å². The topological polar surface area (TPSA) is 48.0 Å². The summed E-state index contributed by atoms with van der Waals surface area (Å²) in [6.07, 6.45) is 5.83. The first kappa shape index (κ1) is 17.7. The summed E-state index contributed by atoms with van der Waals surface area (Å²) in [6.45, 7) is 0. The molecule has 0 fully saturated rings. The average Bonchev–Trinajstić information content (AvgIpc) is 3.44. The van der Waals surface area contributed by atoms with Gasteiger partial charge in [-0.3, -0.25) is 14.4 Å². The molecular formula is C29H17N5. The molecule has 3 aromatic carbocycles. The Morgan fingerprint density at radius 2 is 1.59 bits per heavy atom. The van der Waals surface area contributed by atoms with E-state index < -0.39 is 0 Å². The zero-order valence-corrected chi connectivity index (χ0v) is 18.1. The van der Waals surface area contributed by atoms with Gasteiger partial charge < -0.3 is 4.57 Å². The molecule has 0 saturated carbocycles. The maximum Gasteiger partial charge on any atom is 0.137 e. The van der Waals surface area contributed by atoms with Crippen LogP contribution in [-0.4, -0.2) is 23.9 Å². The van der Waals surface area contributed by atoms with Gasteiger partial charge in [-0.25, -0.2) is 4.98 Å². The van der Waals surface area contributed by atoms with Gasteiger partial charge in [0.15, 0.2) is 0 Å². The Morgan fingerprint density at radius 1 is 0.647 bits per heavy atom. The molecule has 0 saturated heterocycles. The summed E-state index contributed by atoms with van der Waals surface area (Å²) in [4.78, 5) is 14.6. The summed E-state index contributed by atoms with van der Waals surface area (Å²) in [7, 11) is 0. The van der Waals surface area contributed by atoms with Gasteiger partial charge in [0.1, 0.15) is 11.2 Å². The van der Waals surface area contributed by atoms with Crippen molar-refractivity contribution in [3.63, 3.8) is 0 Å². The third-order valence-electron chi connectivity index (χ3n) is 6.79. The molecule has 0 unspecified atom stereocenters. The maximum atomic E-state index is 5.08. The van der Waals surface area contributed by atoms with Crippen LogP contribution in [-0.2, 0) is 0 Å². The van der Waals surface area contributed by atoms with E-state index in [2.05, 4.69) is 81.9 Å². The summed E-state index contributed by atoms with van der Waals surface area (Å²) in [6, 6.07) is 29.4. The van der Waals surface area contributed by atoms with E-state index >= 15 is 0 Å². The second kappa shape index (κ2) is 6.39. The minimum absolute atomic E-state index is 0.928. The molecule has 5 heteroatoms. The number of fused-ring (bicyclic) bond motifs is 10. The van der Waals surface area contributed by atoms with E-state index in [0.29, 0.717) is 0 Å². The SMILES string of the molecule is c1cnc2c(c1)cnc1cccc(-n3c4ccccc4c4ccc5c(nc6ccccn65)c43)c12. The first-order chi connectivity index (χ1) is 16.9. The van der Waals surface area contributed by atoms with E-state index in [9.17, 15) is 0 Å². The summed E-state index contributed by atoms with van der Waals surface area (Å²) < 4.78 is 4.50. The third kappa shape index (κ3) is 2.20. The van der Waals surface area contributed by atoms with E-state index in [1.54, 1.807) is 0 Å². The van der Waals surface area contributed by atoms with Gasteiger partial charge in [-0.05, 0) is 54.6 Å². The van der Waals surface area contributed by atoms with E-state index in [-0.39, 0.29) is 0 Å². The number of pyridine rings is 3. The molecule has 0 spiro atoms. The van der Waals surface area contributed by atoms with Crippen molar-refractivity contribution in [1.29, 1.82) is 0 Å². The lowest BCUT2D eigenvalue weighted by Gasteiger charge is -2.13. The molecule has 0 amide bonds. The number of hydrogen-bond donors (Lipinski definition) is 0. The van der Waals surface area contributed by atoms with Crippen LogP contribution >= 0.6 is 0 Å². The fourth-order valence-electron chi connectivity index (χ4n) is 5.36. The van der Waals surface area contributed by atoms with Gasteiger partial charge in [0.05, 0.1) is 38.7 Å². The van der Waals surface area contributed by atoms with E-state index in [1.165, 1.54) is 10.8 Å². The van der Waals surface area contributed by atoms with Crippen LogP contribution in [0.4, 0.5) is 0 Å². The van der Waals surface area contributed by atoms with Crippen LogP contribution in [0.25, 0.3) is 66.0 Å². The first-order valence-electron chi connectivity index (χ1n) is 11.3. The Balaban J connectivity index is 1.66. The monoisotopic (exact) mass is 435 g/mol. The molecule has 0 bridgehead atoms. The van der Waals surface area contributed by atoms with Gasteiger partial charge in [0.25, 0.3) is 0 Å². The van der Waals surface area contributed by atoms with Crippen LogP contribution in [0.3, 0.4) is 0 Å². The number of para-hydroxylation sites is 1.